The highest BCUT2D eigenvalue weighted by atomic mass is 79.9. The maximum absolute atomic E-state index is 13.5. The maximum Gasteiger partial charge on any atom is 0.258 e. The molecule has 0 aromatic heterocycles. The smallest absolute Gasteiger partial charge is 0.258 e. The number of hydrogen-bond acceptors (Lipinski definition) is 1. The molecule has 2 aromatic rings. The molecule has 1 amide bonds. The van der Waals surface area contributed by atoms with Crippen LogP contribution in [0.25, 0.3) is 0 Å². The van der Waals surface area contributed by atoms with Gasteiger partial charge in [-0.25, -0.2) is 8.78 Å². The van der Waals surface area contributed by atoms with Crippen LogP contribution in [0.5, 0.6) is 0 Å². The molecule has 2 nitrogen and oxygen atoms in total. The maximum atomic E-state index is 13.5. The highest BCUT2D eigenvalue weighted by molar-refractivity contribution is 9.10. The van der Waals surface area contributed by atoms with Crippen LogP contribution in [-0.4, -0.2) is 5.91 Å². The summed E-state index contributed by atoms with van der Waals surface area (Å²) in [5, 5.41) is 2.69. The molecule has 0 unspecified atom stereocenters. The van der Waals surface area contributed by atoms with Crippen LogP contribution in [0.2, 0.25) is 10.0 Å². The van der Waals surface area contributed by atoms with Crippen molar-refractivity contribution in [3.63, 3.8) is 0 Å². The number of hydrogen-bond donors (Lipinski definition) is 1. The van der Waals surface area contributed by atoms with E-state index in [0.29, 0.717) is 4.47 Å². The Morgan fingerprint density at radius 2 is 1.80 bits per heavy atom. The number of benzene rings is 2. The van der Waals surface area contributed by atoms with Gasteiger partial charge in [0, 0.05) is 4.47 Å². The first-order valence-electron chi connectivity index (χ1n) is 5.30. The van der Waals surface area contributed by atoms with Crippen molar-refractivity contribution < 1.29 is 13.6 Å². The number of anilines is 1. The summed E-state index contributed by atoms with van der Waals surface area (Å²) in [6.07, 6.45) is 0. The standard InChI is InChI=1S/C13H6BrCl2F2NO/c14-7-4-5-9(11(16)10(7)15)19-13(20)6-2-1-3-8(17)12(6)18/h1-5H,(H,19,20). The minimum absolute atomic E-state index is 0.103. The van der Waals surface area contributed by atoms with Crippen LogP contribution in [-0.2, 0) is 0 Å². The molecule has 0 aliphatic rings. The summed E-state index contributed by atoms with van der Waals surface area (Å²) in [5.41, 5.74) is -0.214. The molecule has 0 aliphatic carbocycles. The van der Waals surface area contributed by atoms with Crippen LogP contribution in [0.1, 0.15) is 10.4 Å². The molecule has 0 fully saturated rings. The Morgan fingerprint density at radius 3 is 2.50 bits per heavy atom. The summed E-state index contributed by atoms with van der Waals surface area (Å²) in [5.74, 6) is -3.13. The van der Waals surface area contributed by atoms with E-state index in [2.05, 4.69) is 21.2 Å². The Kier molecular flexibility index (Phi) is 4.62. The number of amides is 1. The second-order valence-corrected chi connectivity index (χ2v) is 5.39. The fraction of sp³-hybridized carbons (Fsp3) is 0. The third-order valence-electron chi connectivity index (χ3n) is 2.48. The Morgan fingerprint density at radius 1 is 1.10 bits per heavy atom. The predicted molar refractivity (Wildman–Crippen MR) is 78.5 cm³/mol. The second-order valence-electron chi connectivity index (χ2n) is 3.78. The molecule has 20 heavy (non-hydrogen) atoms. The molecule has 0 spiro atoms. The van der Waals surface area contributed by atoms with E-state index in [9.17, 15) is 13.6 Å². The van der Waals surface area contributed by atoms with Crippen molar-refractivity contribution in [3.05, 3.63) is 62.0 Å². The molecule has 2 aromatic carbocycles. The van der Waals surface area contributed by atoms with Gasteiger partial charge in [-0.15, -0.1) is 0 Å². The van der Waals surface area contributed by atoms with Gasteiger partial charge in [0.25, 0.3) is 5.91 Å². The molecule has 1 N–H and O–H groups in total. The third-order valence-corrected chi connectivity index (χ3v) is 4.25. The molecule has 0 atom stereocenters. The highest BCUT2D eigenvalue weighted by Crippen LogP contribution is 2.36. The van der Waals surface area contributed by atoms with Crippen molar-refractivity contribution >= 4 is 50.7 Å². The average molecular weight is 381 g/mol. The fourth-order valence-electron chi connectivity index (χ4n) is 1.49. The largest absolute Gasteiger partial charge is 0.320 e. The Labute approximate surface area is 131 Å². The average Bonchev–Trinajstić information content (AvgIpc) is 2.42. The van der Waals surface area contributed by atoms with E-state index in [1.807, 2.05) is 0 Å². The Bertz CT molecular complexity index is 694. The first-order chi connectivity index (χ1) is 9.41. The van der Waals surface area contributed by atoms with Gasteiger partial charge < -0.3 is 5.32 Å². The summed E-state index contributed by atoms with van der Waals surface area (Å²) in [6, 6.07) is 6.40. The predicted octanol–water partition coefficient (Wildman–Crippen LogP) is 5.29. The molecular formula is C13H6BrCl2F2NO. The van der Waals surface area contributed by atoms with E-state index >= 15 is 0 Å². The van der Waals surface area contributed by atoms with Crippen LogP contribution in [0.4, 0.5) is 14.5 Å². The molecule has 7 heteroatoms. The van der Waals surface area contributed by atoms with Crippen molar-refractivity contribution in [1.29, 1.82) is 0 Å². The SMILES string of the molecule is O=C(Nc1ccc(Br)c(Cl)c1Cl)c1cccc(F)c1F. The molecule has 0 bridgehead atoms. The lowest BCUT2D eigenvalue weighted by molar-refractivity contribution is 0.102. The summed E-state index contributed by atoms with van der Waals surface area (Å²) < 4.78 is 27.1. The van der Waals surface area contributed by atoms with E-state index in [4.69, 9.17) is 23.2 Å². The van der Waals surface area contributed by atoms with E-state index in [-0.39, 0.29) is 15.7 Å². The number of halogens is 5. The first-order valence-corrected chi connectivity index (χ1v) is 6.85. The zero-order chi connectivity index (χ0) is 14.9. The van der Waals surface area contributed by atoms with Crippen LogP contribution in [0.3, 0.4) is 0 Å². The minimum Gasteiger partial charge on any atom is -0.320 e. The van der Waals surface area contributed by atoms with Crippen molar-refractivity contribution in [1.82, 2.24) is 0 Å². The molecule has 0 aliphatic heterocycles. The zero-order valence-electron chi connectivity index (χ0n) is 9.68. The Hall–Kier alpha value is -1.17. The second kappa shape index (κ2) is 6.08. The van der Waals surface area contributed by atoms with Gasteiger partial charge in [-0.05, 0) is 40.2 Å². The molecule has 0 radical (unpaired) electrons. The normalized spacial score (nSPS) is 10.4. The topological polar surface area (TPSA) is 29.1 Å². The molecule has 0 saturated heterocycles. The van der Waals surface area contributed by atoms with Crippen LogP contribution in [0.15, 0.2) is 34.8 Å². The molecular weight excluding hydrogens is 375 g/mol. The van der Waals surface area contributed by atoms with Gasteiger partial charge in [-0.3, -0.25) is 4.79 Å². The molecule has 104 valence electrons. The third kappa shape index (κ3) is 2.95. The van der Waals surface area contributed by atoms with Crippen molar-refractivity contribution in [3.8, 4) is 0 Å². The van der Waals surface area contributed by atoms with Gasteiger partial charge >= 0.3 is 0 Å². The summed E-state index contributed by atoms with van der Waals surface area (Å²) in [4.78, 5) is 11.9. The van der Waals surface area contributed by atoms with E-state index in [1.54, 1.807) is 6.07 Å². The monoisotopic (exact) mass is 379 g/mol. The molecule has 0 heterocycles. The zero-order valence-corrected chi connectivity index (χ0v) is 12.8. The van der Waals surface area contributed by atoms with Gasteiger partial charge in [0.05, 0.1) is 21.3 Å². The first kappa shape index (κ1) is 15.2. The highest BCUT2D eigenvalue weighted by Gasteiger charge is 2.17. The lowest BCUT2D eigenvalue weighted by Gasteiger charge is -2.10. The quantitative estimate of drug-likeness (QED) is 0.705. The summed E-state index contributed by atoms with van der Waals surface area (Å²) in [6.45, 7) is 0. The number of rotatable bonds is 2. The number of nitrogens with one attached hydrogen (secondary N) is 1. The molecule has 0 saturated carbocycles. The van der Waals surface area contributed by atoms with Crippen molar-refractivity contribution in [2.75, 3.05) is 5.32 Å². The van der Waals surface area contributed by atoms with Gasteiger partial charge in [0.1, 0.15) is 0 Å². The Balaban J connectivity index is 2.33. The van der Waals surface area contributed by atoms with Gasteiger partial charge in [0.15, 0.2) is 11.6 Å². The van der Waals surface area contributed by atoms with E-state index in [0.717, 1.165) is 6.07 Å². The number of carbonyl (C=O) groups is 1. The van der Waals surface area contributed by atoms with Gasteiger partial charge in [0.2, 0.25) is 0 Å². The van der Waals surface area contributed by atoms with Crippen LogP contribution in [0, 0.1) is 11.6 Å². The minimum atomic E-state index is -1.22. The summed E-state index contributed by atoms with van der Waals surface area (Å²) in [7, 11) is 0. The van der Waals surface area contributed by atoms with Gasteiger partial charge in [-0.1, -0.05) is 29.3 Å². The van der Waals surface area contributed by atoms with Gasteiger partial charge in [-0.2, -0.15) is 0 Å². The fourth-order valence-corrected chi connectivity index (χ4v) is 2.31. The van der Waals surface area contributed by atoms with E-state index in [1.165, 1.54) is 18.2 Å². The van der Waals surface area contributed by atoms with Crippen LogP contribution < -0.4 is 5.32 Å². The van der Waals surface area contributed by atoms with Crippen LogP contribution >= 0.6 is 39.1 Å². The lowest BCUT2D eigenvalue weighted by atomic mass is 10.2. The van der Waals surface area contributed by atoms with Crippen molar-refractivity contribution in [2.24, 2.45) is 0 Å². The number of carbonyl (C=O) groups excluding carboxylic acids is 1. The lowest BCUT2D eigenvalue weighted by Crippen LogP contribution is -2.14. The summed E-state index contributed by atoms with van der Waals surface area (Å²) >= 11 is 15.0. The molecule has 2 rings (SSSR count). The van der Waals surface area contributed by atoms with E-state index < -0.39 is 23.1 Å². The van der Waals surface area contributed by atoms with Crippen molar-refractivity contribution in [2.45, 2.75) is 0 Å².